The summed E-state index contributed by atoms with van der Waals surface area (Å²) >= 11 is 0. The van der Waals surface area contributed by atoms with Gasteiger partial charge in [-0.3, -0.25) is 9.80 Å². The van der Waals surface area contributed by atoms with Crippen molar-refractivity contribution in [1.29, 1.82) is 0 Å². The van der Waals surface area contributed by atoms with E-state index in [4.69, 9.17) is 23.7 Å². The van der Waals surface area contributed by atoms with Crippen LogP contribution >= 0.6 is 0 Å². The average molecular weight is 276 g/mol. The van der Waals surface area contributed by atoms with Crippen molar-refractivity contribution in [3.05, 3.63) is 0 Å². The van der Waals surface area contributed by atoms with Crippen LogP contribution in [0.25, 0.3) is 0 Å². The SMILES string of the molecule is CC(COCC(C)N1COCOC1)N1COCOC1. The van der Waals surface area contributed by atoms with Crippen molar-refractivity contribution in [3.63, 3.8) is 0 Å². The molecule has 2 fully saturated rings. The molecule has 2 aliphatic heterocycles. The van der Waals surface area contributed by atoms with Crippen LogP contribution in [0.3, 0.4) is 0 Å². The molecule has 0 N–H and O–H groups in total. The van der Waals surface area contributed by atoms with Gasteiger partial charge in [0, 0.05) is 12.1 Å². The van der Waals surface area contributed by atoms with Crippen LogP contribution in [0, 0.1) is 0 Å². The molecule has 0 aromatic heterocycles. The molecule has 0 amide bonds. The Bertz CT molecular complexity index is 220. The van der Waals surface area contributed by atoms with E-state index >= 15 is 0 Å². The first-order chi connectivity index (χ1) is 9.27. The highest BCUT2D eigenvalue weighted by Gasteiger charge is 2.20. The zero-order valence-corrected chi connectivity index (χ0v) is 11.7. The van der Waals surface area contributed by atoms with Gasteiger partial charge in [-0.2, -0.15) is 0 Å². The minimum absolute atomic E-state index is 0.279. The van der Waals surface area contributed by atoms with E-state index in [0.29, 0.717) is 53.7 Å². The molecule has 0 bridgehead atoms. The molecule has 2 heterocycles. The Balaban J connectivity index is 1.59. The first kappa shape index (κ1) is 15.1. The Hall–Kier alpha value is -0.280. The molecule has 2 atom stereocenters. The molecular weight excluding hydrogens is 252 g/mol. The summed E-state index contributed by atoms with van der Waals surface area (Å²) in [6, 6.07) is 0.558. The van der Waals surface area contributed by atoms with Gasteiger partial charge in [0.15, 0.2) is 0 Å². The van der Waals surface area contributed by atoms with Crippen molar-refractivity contribution in [2.45, 2.75) is 25.9 Å². The molecule has 19 heavy (non-hydrogen) atoms. The van der Waals surface area contributed by atoms with Crippen molar-refractivity contribution < 1.29 is 23.7 Å². The van der Waals surface area contributed by atoms with Gasteiger partial charge in [0.25, 0.3) is 0 Å². The third-order valence-corrected chi connectivity index (χ3v) is 3.33. The lowest BCUT2D eigenvalue weighted by atomic mass is 10.3. The van der Waals surface area contributed by atoms with Crippen LogP contribution in [-0.2, 0) is 23.7 Å². The molecule has 0 spiro atoms. The van der Waals surface area contributed by atoms with Gasteiger partial charge in [0.1, 0.15) is 40.5 Å². The van der Waals surface area contributed by atoms with Crippen LogP contribution in [0.2, 0.25) is 0 Å². The molecule has 7 nitrogen and oxygen atoms in total. The van der Waals surface area contributed by atoms with E-state index in [1.165, 1.54) is 0 Å². The normalized spacial score (nSPS) is 26.2. The largest absolute Gasteiger partial charge is 0.378 e. The summed E-state index contributed by atoms with van der Waals surface area (Å²) in [5.41, 5.74) is 0. The second kappa shape index (κ2) is 8.11. The highest BCUT2D eigenvalue weighted by atomic mass is 16.7. The monoisotopic (exact) mass is 276 g/mol. The smallest absolute Gasteiger partial charge is 0.150 e. The van der Waals surface area contributed by atoms with E-state index < -0.39 is 0 Å². The Morgan fingerprint density at radius 3 is 1.53 bits per heavy atom. The lowest BCUT2D eigenvalue weighted by molar-refractivity contribution is -0.204. The van der Waals surface area contributed by atoms with E-state index in [0.717, 1.165) is 0 Å². The van der Waals surface area contributed by atoms with Crippen LogP contribution in [-0.4, -0.2) is 75.6 Å². The number of hydrogen-bond acceptors (Lipinski definition) is 7. The van der Waals surface area contributed by atoms with Crippen LogP contribution in [0.4, 0.5) is 0 Å². The highest BCUT2D eigenvalue weighted by Crippen LogP contribution is 2.08. The molecule has 2 aliphatic rings. The van der Waals surface area contributed by atoms with Crippen molar-refractivity contribution in [1.82, 2.24) is 9.80 Å². The topological polar surface area (TPSA) is 52.6 Å². The lowest BCUT2D eigenvalue weighted by Crippen LogP contribution is -2.45. The summed E-state index contributed by atoms with van der Waals surface area (Å²) in [5.74, 6) is 0. The van der Waals surface area contributed by atoms with Gasteiger partial charge in [0.2, 0.25) is 0 Å². The molecular formula is C12H24N2O5. The molecule has 0 aromatic carbocycles. The van der Waals surface area contributed by atoms with Crippen molar-refractivity contribution >= 4 is 0 Å². The number of hydrogen-bond donors (Lipinski definition) is 0. The second-order valence-corrected chi connectivity index (χ2v) is 4.98. The Morgan fingerprint density at radius 2 is 1.16 bits per heavy atom. The van der Waals surface area contributed by atoms with E-state index in [9.17, 15) is 0 Å². The molecule has 2 unspecified atom stereocenters. The second-order valence-electron chi connectivity index (χ2n) is 4.98. The maximum Gasteiger partial charge on any atom is 0.150 e. The first-order valence-corrected chi connectivity index (χ1v) is 6.64. The fourth-order valence-electron chi connectivity index (χ4n) is 1.94. The number of rotatable bonds is 6. The molecule has 7 heteroatoms. The van der Waals surface area contributed by atoms with Gasteiger partial charge in [-0.05, 0) is 13.8 Å². The molecule has 0 radical (unpaired) electrons. The summed E-state index contributed by atoms with van der Waals surface area (Å²) in [4.78, 5) is 4.20. The van der Waals surface area contributed by atoms with Crippen LogP contribution in [0.5, 0.6) is 0 Å². The minimum atomic E-state index is 0.279. The first-order valence-electron chi connectivity index (χ1n) is 6.64. The summed E-state index contributed by atoms with van der Waals surface area (Å²) in [6.45, 7) is 8.72. The van der Waals surface area contributed by atoms with E-state index in [2.05, 4.69) is 23.6 Å². The van der Waals surface area contributed by atoms with Crippen molar-refractivity contribution in [2.24, 2.45) is 0 Å². The standard InChI is InChI=1S/C12H24N2O5/c1-11(13-5-16-9-17-6-13)3-15-4-12(2)14-7-18-10-19-8-14/h11-12H,3-10H2,1-2H3. The Labute approximate surface area is 114 Å². The third kappa shape index (κ3) is 4.96. The fourth-order valence-corrected chi connectivity index (χ4v) is 1.94. The molecule has 0 aliphatic carbocycles. The van der Waals surface area contributed by atoms with Crippen LogP contribution < -0.4 is 0 Å². The van der Waals surface area contributed by atoms with Gasteiger partial charge < -0.3 is 23.7 Å². The van der Waals surface area contributed by atoms with E-state index in [-0.39, 0.29) is 12.1 Å². The van der Waals surface area contributed by atoms with Gasteiger partial charge in [0.05, 0.1) is 13.2 Å². The Kier molecular flexibility index (Phi) is 6.45. The summed E-state index contributed by atoms with van der Waals surface area (Å²) < 4.78 is 26.7. The Morgan fingerprint density at radius 1 is 0.789 bits per heavy atom. The quantitative estimate of drug-likeness (QED) is 0.688. The van der Waals surface area contributed by atoms with Gasteiger partial charge in [-0.25, -0.2) is 0 Å². The fraction of sp³-hybridized carbons (Fsp3) is 1.00. The lowest BCUT2D eigenvalue weighted by Gasteiger charge is -2.33. The average Bonchev–Trinajstić information content (AvgIpc) is 2.49. The summed E-state index contributed by atoms with van der Waals surface area (Å²) in [6.07, 6.45) is 0. The van der Waals surface area contributed by atoms with Crippen LogP contribution in [0.15, 0.2) is 0 Å². The zero-order valence-electron chi connectivity index (χ0n) is 11.7. The predicted molar refractivity (Wildman–Crippen MR) is 67.0 cm³/mol. The highest BCUT2D eigenvalue weighted by molar-refractivity contribution is 4.65. The van der Waals surface area contributed by atoms with Gasteiger partial charge in [-0.1, -0.05) is 0 Å². The number of ether oxygens (including phenoxy) is 5. The van der Waals surface area contributed by atoms with E-state index in [1.807, 2.05) is 0 Å². The molecule has 0 aromatic rings. The van der Waals surface area contributed by atoms with E-state index in [1.54, 1.807) is 0 Å². The van der Waals surface area contributed by atoms with Gasteiger partial charge in [-0.15, -0.1) is 0 Å². The summed E-state index contributed by atoms with van der Waals surface area (Å²) in [5, 5.41) is 0. The van der Waals surface area contributed by atoms with Crippen LogP contribution in [0.1, 0.15) is 13.8 Å². The third-order valence-electron chi connectivity index (χ3n) is 3.33. The minimum Gasteiger partial charge on any atom is -0.378 e. The molecule has 2 rings (SSSR count). The maximum atomic E-state index is 5.76. The predicted octanol–water partition coefficient (Wildman–Crippen LogP) is 0.223. The van der Waals surface area contributed by atoms with Crippen molar-refractivity contribution in [3.8, 4) is 0 Å². The molecule has 112 valence electrons. The molecule has 0 saturated carbocycles. The molecule has 2 saturated heterocycles. The van der Waals surface area contributed by atoms with Gasteiger partial charge >= 0.3 is 0 Å². The summed E-state index contributed by atoms with van der Waals surface area (Å²) in [7, 11) is 0. The maximum absolute atomic E-state index is 5.76. The van der Waals surface area contributed by atoms with Crippen molar-refractivity contribution in [2.75, 3.05) is 53.7 Å². The zero-order chi connectivity index (χ0) is 13.5. The number of nitrogens with zero attached hydrogens (tertiary/aromatic N) is 2.